The lowest BCUT2D eigenvalue weighted by Gasteiger charge is -2.40. The minimum Gasteiger partial charge on any atom is -0.425 e. The zero-order valence-electron chi connectivity index (χ0n) is 21.7. The molecule has 4 heterocycles. The Morgan fingerprint density at radius 1 is 1.05 bits per heavy atom. The number of hydrogen-bond donors (Lipinski definition) is 1. The summed E-state index contributed by atoms with van der Waals surface area (Å²) in [6.07, 6.45) is 4.61. The van der Waals surface area contributed by atoms with E-state index < -0.39 is 23.7 Å². The first kappa shape index (κ1) is 25.1. The van der Waals surface area contributed by atoms with Gasteiger partial charge in [-0.1, -0.05) is 43.5 Å². The Balaban J connectivity index is 1.21. The minimum atomic E-state index is -1.19. The van der Waals surface area contributed by atoms with Gasteiger partial charge in [0.25, 0.3) is 11.9 Å². The van der Waals surface area contributed by atoms with Gasteiger partial charge in [-0.25, -0.2) is 4.79 Å². The van der Waals surface area contributed by atoms with Crippen molar-refractivity contribution < 1.29 is 28.3 Å². The summed E-state index contributed by atoms with van der Waals surface area (Å²) in [5.74, 6) is -0.709. The number of aryl methyl sites for hydroxylation is 1. The Hall–Kier alpha value is -4.21. The second-order valence-corrected chi connectivity index (χ2v) is 10.6. The molecule has 3 amide bonds. The quantitative estimate of drug-likeness (QED) is 0.547. The van der Waals surface area contributed by atoms with Crippen LogP contribution in [0.1, 0.15) is 54.6 Å². The van der Waals surface area contributed by atoms with Crippen LogP contribution in [0, 0.1) is 6.92 Å². The number of para-hydroxylation sites is 1. The SMILES string of the molecule is Cc1c(OC(=O)NC2(C(=O)N3CCC4C3C(=O)CN4C(=O)c3ccccn3)CCCCC2)oc2ccccc12. The van der Waals surface area contributed by atoms with Crippen molar-refractivity contribution in [3.05, 3.63) is 59.9 Å². The third-order valence-electron chi connectivity index (χ3n) is 8.27. The van der Waals surface area contributed by atoms with Crippen LogP contribution in [0.15, 0.2) is 53.1 Å². The van der Waals surface area contributed by atoms with Crippen LogP contribution in [0.25, 0.3) is 11.0 Å². The van der Waals surface area contributed by atoms with Crippen LogP contribution in [0.5, 0.6) is 5.95 Å². The number of nitrogens with one attached hydrogen (secondary N) is 1. The molecule has 2 aliphatic heterocycles. The summed E-state index contributed by atoms with van der Waals surface area (Å²) in [5, 5.41) is 3.71. The predicted molar refractivity (Wildman–Crippen MR) is 140 cm³/mol. The highest BCUT2D eigenvalue weighted by atomic mass is 16.6. The van der Waals surface area contributed by atoms with E-state index in [0.717, 1.165) is 24.6 Å². The summed E-state index contributed by atoms with van der Waals surface area (Å²) >= 11 is 0. The fourth-order valence-electron chi connectivity index (χ4n) is 6.33. The smallest absolute Gasteiger partial charge is 0.415 e. The van der Waals surface area contributed by atoms with E-state index in [4.69, 9.17) is 9.15 Å². The average Bonchev–Trinajstić information content (AvgIpc) is 3.62. The molecule has 2 saturated heterocycles. The van der Waals surface area contributed by atoms with E-state index in [1.807, 2.05) is 25.1 Å². The maximum Gasteiger partial charge on any atom is 0.415 e. The molecule has 0 spiro atoms. The lowest BCUT2D eigenvalue weighted by molar-refractivity contribution is -0.143. The van der Waals surface area contributed by atoms with Crippen LogP contribution in [-0.2, 0) is 9.59 Å². The number of ether oxygens (including phenoxy) is 1. The van der Waals surface area contributed by atoms with Gasteiger partial charge in [-0.15, -0.1) is 0 Å². The number of aromatic nitrogens is 1. The monoisotopic (exact) mass is 530 g/mol. The Labute approximate surface area is 225 Å². The summed E-state index contributed by atoms with van der Waals surface area (Å²) in [6, 6.07) is 11.3. The van der Waals surface area contributed by atoms with Gasteiger partial charge in [-0.2, -0.15) is 0 Å². The van der Waals surface area contributed by atoms with E-state index >= 15 is 0 Å². The second-order valence-electron chi connectivity index (χ2n) is 10.6. The molecule has 3 aliphatic rings. The topological polar surface area (TPSA) is 122 Å². The van der Waals surface area contributed by atoms with E-state index in [2.05, 4.69) is 10.3 Å². The molecule has 0 radical (unpaired) electrons. The van der Waals surface area contributed by atoms with Crippen LogP contribution < -0.4 is 10.1 Å². The fraction of sp³-hybridized carbons (Fsp3) is 0.414. The van der Waals surface area contributed by atoms with Gasteiger partial charge >= 0.3 is 6.09 Å². The molecule has 3 fully saturated rings. The maximum absolute atomic E-state index is 14.1. The van der Waals surface area contributed by atoms with Crippen LogP contribution in [-0.4, -0.2) is 69.2 Å². The Kier molecular flexibility index (Phi) is 6.32. The van der Waals surface area contributed by atoms with Gasteiger partial charge in [-0.3, -0.25) is 19.4 Å². The van der Waals surface area contributed by atoms with Crippen LogP contribution >= 0.6 is 0 Å². The van der Waals surface area contributed by atoms with E-state index in [1.165, 1.54) is 11.1 Å². The van der Waals surface area contributed by atoms with Crippen molar-refractivity contribution in [3.8, 4) is 5.95 Å². The number of Topliss-reactive ketones (excluding diaryl/α,β-unsaturated/α-hetero) is 1. The summed E-state index contributed by atoms with van der Waals surface area (Å²) < 4.78 is 11.3. The number of amides is 3. The van der Waals surface area contributed by atoms with Crippen molar-refractivity contribution in [1.82, 2.24) is 20.1 Å². The number of nitrogens with zero attached hydrogens (tertiary/aromatic N) is 3. The molecule has 0 bridgehead atoms. The van der Waals surface area contributed by atoms with Crippen molar-refractivity contribution in [2.45, 2.75) is 63.1 Å². The standard InChI is InChI=1S/C29H30N4O6/c1-18-19-9-3-4-11-23(19)38-26(18)39-28(37)31-29(13-6-2-7-14-29)27(36)32-16-12-21-24(32)22(34)17-33(21)25(35)20-10-5-8-15-30-20/h3-5,8-11,15,21,24H,2,6-7,12-14,16-17H2,1H3,(H,31,37). The first-order valence-electron chi connectivity index (χ1n) is 13.4. The van der Waals surface area contributed by atoms with E-state index in [9.17, 15) is 19.2 Å². The molecule has 10 nitrogen and oxygen atoms in total. The van der Waals surface area contributed by atoms with Crippen molar-refractivity contribution in [3.63, 3.8) is 0 Å². The van der Waals surface area contributed by atoms with E-state index in [1.54, 1.807) is 29.2 Å². The molecule has 1 saturated carbocycles. The first-order valence-corrected chi connectivity index (χ1v) is 13.4. The summed E-state index contributed by atoms with van der Waals surface area (Å²) in [6.45, 7) is 2.07. The van der Waals surface area contributed by atoms with Gasteiger partial charge in [0.2, 0.25) is 5.91 Å². The molecule has 1 aliphatic carbocycles. The zero-order valence-corrected chi connectivity index (χ0v) is 21.7. The highest BCUT2D eigenvalue weighted by molar-refractivity contribution is 6.02. The molecular weight excluding hydrogens is 500 g/mol. The molecular formula is C29H30N4O6. The van der Waals surface area contributed by atoms with Gasteiger partial charge < -0.3 is 24.3 Å². The summed E-state index contributed by atoms with van der Waals surface area (Å²) in [4.78, 5) is 60.8. The van der Waals surface area contributed by atoms with Crippen molar-refractivity contribution >= 4 is 34.7 Å². The molecule has 39 heavy (non-hydrogen) atoms. The lowest BCUT2D eigenvalue weighted by Crippen LogP contribution is -2.62. The zero-order chi connectivity index (χ0) is 27.1. The number of carbonyl (C=O) groups excluding carboxylic acids is 4. The number of pyridine rings is 1. The molecule has 1 N–H and O–H groups in total. The van der Waals surface area contributed by atoms with Crippen LogP contribution in [0.3, 0.4) is 0 Å². The Morgan fingerprint density at radius 2 is 1.82 bits per heavy atom. The summed E-state index contributed by atoms with van der Waals surface area (Å²) in [5.41, 5.74) is 0.378. The number of carbonyl (C=O) groups is 4. The lowest BCUT2D eigenvalue weighted by atomic mass is 9.80. The molecule has 2 aromatic heterocycles. The minimum absolute atomic E-state index is 0.0671. The Bertz CT molecular complexity index is 1440. The second kappa shape index (κ2) is 9.83. The number of fused-ring (bicyclic) bond motifs is 2. The first-order chi connectivity index (χ1) is 18.9. The average molecular weight is 531 g/mol. The van der Waals surface area contributed by atoms with Gasteiger partial charge in [0, 0.05) is 23.7 Å². The number of benzene rings is 1. The van der Waals surface area contributed by atoms with Crippen molar-refractivity contribution in [1.29, 1.82) is 0 Å². The molecule has 1 aromatic carbocycles. The highest BCUT2D eigenvalue weighted by Gasteiger charge is 2.55. The molecule has 202 valence electrons. The predicted octanol–water partition coefficient (Wildman–Crippen LogP) is 3.62. The molecule has 6 rings (SSSR count). The van der Waals surface area contributed by atoms with Crippen molar-refractivity contribution in [2.75, 3.05) is 13.1 Å². The Morgan fingerprint density at radius 3 is 2.56 bits per heavy atom. The normalized spacial score (nSPS) is 22.1. The van der Waals surface area contributed by atoms with Gasteiger partial charge in [-0.05, 0) is 44.4 Å². The van der Waals surface area contributed by atoms with Crippen LogP contribution in [0.4, 0.5) is 4.79 Å². The number of hydrogen-bond acceptors (Lipinski definition) is 7. The van der Waals surface area contributed by atoms with Crippen LogP contribution in [0.2, 0.25) is 0 Å². The molecule has 10 heteroatoms. The number of likely N-dealkylation sites (tertiary alicyclic amines) is 2. The molecule has 3 aromatic rings. The van der Waals surface area contributed by atoms with Gasteiger partial charge in [0.05, 0.1) is 12.6 Å². The fourth-order valence-corrected chi connectivity index (χ4v) is 6.33. The van der Waals surface area contributed by atoms with Crippen molar-refractivity contribution in [2.24, 2.45) is 0 Å². The van der Waals surface area contributed by atoms with E-state index in [-0.39, 0.29) is 35.8 Å². The van der Waals surface area contributed by atoms with Gasteiger partial charge in [0.1, 0.15) is 22.9 Å². The number of rotatable bonds is 4. The summed E-state index contributed by atoms with van der Waals surface area (Å²) in [7, 11) is 0. The third-order valence-corrected chi connectivity index (χ3v) is 8.27. The largest absolute Gasteiger partial charge is 0.425 e. The number of furan rings is 1. The van der Waals surface area contributed by atoms with E-state index in [0.29, 0.717) is 37.0 Å². The molecule has 2 atom stereocenters. The highest BCUT2D eigenvalue weighted by Crippen LogP contribution is 2.37. The number of ketones is 1. The molecule has 2 unspecified atom stereocenters. The maximum atomic E-state index is 14.1. The third kappa shape index (κ3) is 4.33. The van der Waals surface area contributed by atoms with Gasteiger partial charge in [0.15, 0.2) is 5.78 Å².